The first kappa shape index (κ1) is 12.4. The first-order valence-corrected chi connectivity index (χ1v) is 6.00. The van der Waals surface area contributed by atoms with Crippen LogP contribution in [0.3, 0.4) is 0 Å². The number of aromatic nitrogens is 3. The number of hydrogen-bond acceptors (Lipinski definition) is 4. The molecule has 5 heteroatoms. The van der Waals surface area contributed by atoms with E-state index in [1.807, 2.05) is 17.7 Å². The van der Waals surface area contributed by atoms with Crippen LogP contribution in [0.1, 0.15) is 24.7 Å². The summed E-state index contributed by atoms with van der Waals surface area (Å²) < 4.78 is 7.50. The van der Waals surface area contributed by atoms with Crippen molar-refractivity contribution in [2.45, 2.75) is 33.4 Å². The molecule has 0 bridgehead atoms. The Bertz CT molecular complexity index is 523. The van der Waals surface area contributed by atoms with Crippen molar-refractivity contribution in [3.05, 3.63) is 35.9 Å². The first-order valence-electron chi connectivity index (χ1n) is 6.00. The predicted molar refractivity (Wildman–Crippen MR) is 67.5 cm³/mol. The van der Waals surface area contributed by atoms with E-state index in [4.69, 9.17) is 4.74 Å². The topological polar surface area (TPSA) is 60.2 Å². The van der Waals surface area contributed by atoms with Gasteiger partial charge in [-0.25, -0.2) is 9.67 Å². The summed E-state index contributed by atoms with van der Waals surface area (Å²) in [5.41, 5.74) is 0.735. The predicted octanol–water partition coefficient (Wildman–Crippen LogP) is 2.28. The van der Waals surface area contributed by atoms with Crippen LogP contribution in [-0.4, -0.2) is 19.9 Å². The Morgan fingerprint density at radius 3 is 3.00 bits per heavy atom. The molecule has 1 aromatic carbocycles. The molecule has 96 valence electrons. The minimum Gasteiger partial charge on any atom is -0.508 e. The van der Waals surface area contributed by atoms with E-state index in [0.717, 1.165) is 24.4 Å². The minimum absolute atomic E-state index is 0.238. The number of phenols is 1. The Balaban J connectivity index is 2.07. The average molecular weight is 247 g/mol. The van der Waals surface area contributed by atoms with Gasteiger partial charge in [-0.2, -0.15) is 5.10 Å². The van der Waals surface area contributed by atoms with Gasteiger partial charge in [0.15, 0.2) is 5.82 Å². The van der Waals surface area contributed by atoms with Crippen molar-refractivity contribution < 1.29 is 9.84 Å². The standard InChI is InChI=1S/C13H17N3O2/c1-3-7-16-13(14-9-15-16)8-18-12-6-4-5-11(17)10(12)2/h4-6,9,17H,3,7-8H2,1-2H3. The van der Waals surface area contributed by atoms with E-state index in [2.05, 4.69) is 17.0 Å². The Labute approximate surface area is 106 Å². The Morgan fingerprint density at radius 1 is 1.39 bits per heavy atom. The number of ether oxygens (including phenoxy) is 1. The maximum atomic E-state index is 9.58. The molecule has 0 aliphatic rings. The molecule has 0 atom stereocenters. The van der Waals surface area contributed by atoms with Crippen molar-refractivity contribution in [2.75, 3.05) is 0 Å². The zero-order valence-electron chi connectivity index (χ0n) is 10.6. The van der Waals surface area contributed by atoms with Gasteiger partial charge in [-0.3, -0.25) is 0 Å². The second kappa shape index (κ2) is 5.53. The molecular formula is C13H17N3O2. The molecule has 0 aliphatic carbocycles. The van der Waals surface area contributed by atoms with Gasteiger partial charge in [0.2, 0.25) is 0 Å². The SMILES string of the molecule is CCCn1ncnc1COc1cccc(O)c1C. The highest BCUT2D eigenvalue weighted by Crippen LogP contribution is 2.26. The van der Waals surface area contributed by atoms with Crippen LogP contribution in [0.2, 0.25) is 0 Å². The fraction of sp³-hybridized carbons (Fsp3) is 0.385. The zero-order valence-corrected chi connectivity index (χ0v) is 10.6. The van der Waals surface area contributed by atoms with E-state index >= 15 is 0 Å². The van der Waals surface area contributed by atoms with Crippen molar-refractivity contribution >= 4 is 0 Å². The van der Waals surface area contributed by atoms with Crippen molar-refractivity contribution in [3.63, 3.8) is 0 Å². The Kier molecular flexibility index (Phi) is 3.82. The van der Waals surface area contributed by atoms with Crippen LogP contribution >= 0.6 is 0 Å². The number of rotatable bonds is 5. The van der Waals surface area contributed by atoms with Crippen LogP contribution in [0.15, 0.2) is 24.5 Å². The molecule has 0 saturated heterocycles. The van der Waals surface area contributed by atoms with E-state index in [-0.39, 0.29) is 5.75 Å². The average Bonchev–Trinajstić information content (AvgIpc) is 2.79. The quantitative estimate of drug-likeness (QED) is 0.880. The van der Waals surface area contributed by atoms with Gasteiger partial charge in [0.25, 0.3) is 0 Å². The summed E-state index contributed by atoms with van der Waals surface area (Å²) in [6.45, 7) is 5.09. The van der Waals surface area contributed by atoms with Gasteiger partial charge in [-0.05, 0) is 25.5 Å². The van der Waals surface area contributed by atoms with Crippen molar-refractivity contribution in [1.82, 2.24) is 14.8 Å². The summed E-state index contributed by atoms with van der Waals surface area (Å²) in [6.07, 6.45) is 2.53. The van der Waals surface area contributed by atoms with Crippen LogP contribution in [0, 0.1) is 6.92 Å². The molecule has 0 aliphatic heterocycles. The molecule has 0 saturated carbocycles. The van der Waals surface area contributed by atoms with E-state index in [0.29, 0.717) is 12.4 Å². The monoisotopic (exact) mass is 247 g/mol. The lowest BCUT2D eigenvalue weighted by atomic mass is 10.2. The molecule has 2 rings (SSSR count). The molecule has 0 spiro atoms. The molecule has 0 amide bonds. The van der Waals surface area contributed by atoms with Crippen molar-refractivity contribution in [1.29, 1.82) is 0 Å². The number of aryl methyl sites for hydroxylation is 1. The van der Waals surface area contributed by atoms with Crippen LogP contribution < -0.4 is 4.74 Å². The summed E-state index contributed by atoms with van der Waals surface area (Å²) >= 11 is 0. The molecule has 1 aromatic heterocycles. The van der Waals surface area contributed by atoms with E-state index < -0.39 is 0 Å². The fourth-order valence-corrected chi connectivity index (χ4v) is 1.70. The van der Waals surface area contributed by atoms with Gasteiger partial charge in [-0.15, -0.1) is 0 Å². The van der Waals surface area contributed by atoms with Gasteiger partial charge in [0, 0.05) is 12.1 Å². The number of phenolic OH excluding ortho intramolecular Hbond substituents is 1. The van der Waals surface area contributed by atoms with E-state index in [9.17, 15) is 5.11 Å². The largest absolute Gasteiger partial charge is 0.508 e. The molecule has 18 heavy (non-hydrogen) atoms. The van der Waals surface area contributed by atoms with Gasteiger partial charge < -0.3 is 9.84 Å². The summed E-state index contributed by atoms with van der Waals surface area (Å²) in [6, 6.07) is 5.23. The molecule has 0 radical (unpaired) electrons. The molecule has 1 heterocycles. The van der Waals surface area contributed by atoms with Gasteiger partial charge in [0.05, 0.1) is 0 Å². The number of nitrogens with zero attached hydrogens (tertiary/aromatic N) is 3. The summed E-state index contributed by atoms with van der Waals surface area (Å²) in [4.78, 5) is 4.17. The minimum atomic E-state index is 0.238. The number of benzene rings is 1. The first-order chi connectivity index (χ1) is 8.72. The Morgan fingerprint density at radius 2 is 2.22 bits per heavy atom. The maximum absolute atomic E-state index is 9.58. The van der Waals surface area contributed by atoms with Crippen LogP contribution in [-0.2, 0) is 13.2 Å². The third kappa shape index (κ3) is 2.61. The second-order valence-corrected chi connectivity index (χ2v) is 4.09. The highest BCUT2D eigenvalue weighted by Gasteiger charge is 2.07. The lowest BCUT2D eigenvalue weighted by Crippen LogP contribution is -2.08. The highest BCUT2D eigenvalue weighted by molar-refractivity contribution is 5.42. The maximum Gasteiger partial charge on any atom is 0.164 e. The molecule has 0 fully saturated rings. The lowest BCUT2D eigenvalue weighted by molar-refractivity contribution is 0.282. The summed E-state index contributed by atoms with van der Waals surface area (Å²) in [5.74, 6) is 1.70. The lowest BCUT2D eigenvalue weighted by Gasteiger charge is -2.10. The van der Waals surface area contributed by atoms with Crippen molar-refractivity contribution in [2.24, 2.45) is 0 Å². The summed E-state index contributed by atoms with van der Waals surface area (Å²) in [7, 11) is 0. The van der Waals surface area contributed by atoms with Gasteiger partial charge >= 0.3 is 0 Å². The van der Waals surface area contributed by atoms with E-state index in [1.165, 1.54) is 6.33 Å². The van der Waals surface area contributed by atoms with Crippen LogP contribution in [0.4, 0.5) is 0 Å². The molecule has 1 N–H and O–H groups in total. The third-order valence-corrected chi connectivity index (χ3v) is 2.74. The second-order valence-electron chi connectivity index (χ2n) is 4.09. The fourth-order valence-electron chi connectivity index (χ4n) is 1.70. The normalized spacial score (nSPS) is 10.6. The van der Waals surface area contributed by atoms with Crippen LogP contribution in [0.5, 0.6) is 11.5 Å². The molecule has 5 nitrogen and oxygen atoms in total. The van der Waals surface area contributed by atoms with Gasteiger partial charge in [-0.1, -0.05) is 13.0 Å². The number of aromatic hydroxyl groups is 1. The van der Waals surface area contributed by atoms with Crippen molar-refractivity contribution in [3.8, 4) is 11.5 Å². The third-order valence-electron chi connectivity index (χ3n) is 2.74. The van der Waals surface area contributed by atoms with Crippen LogP contribution in [0.25, 0.3) is 0 Å². The molecule has 2 aromatic rings. The smallest absolute Gasteiger partial charge is 0.164 e. The number of hydrogen-bond donors (Lipinski definition) is 1. The molecular weight excluding hydrogens is 230 g/mol. The van der Waals surface area contributed by atoms with E-state index in [1.54, 1.807) is 12.1 Å². The summed E-state index contributed by atoms with van der Waals surface area (Å²) in [5, 5.41) is 13.7. The highest BCUT2D eigenvalue weighted by atomic mass is 16.5. The van der Waals surface area contributed by atoms with Gasteiger partial charge in [0.1, 0.15) is 24.4 Å². The zero-order chi connectivity index (χ0) is 13.0. The Hall–Kier alpha value is -2.04. The molecule has 0 unspecified atom stereocenters.